The number of carbonyl (C=O) groups excluding carboxylic acids is 1. The Balaban J connectivity index is 1.20. The summed E-state index contributed by atoms with van der Waals surface area (Å²) < 4.78 is 40.9. The summed E-state index contributed by atoms with van der Waals surface area (Å²) in [5.41, 5.74) is 2.73. The summed E-state index contributed by atoms with van der Waals surface area (Å²) in [6, 6.07) is 16.0. The number of anilines is 2. The van der Waals surface area contributed by atoms with Gasteiger partial charge in [0.25, 0.3) is 0 Å². The predicted molar refractivity (Wildman–Crippen MR) is 261 cm³/mol. The first kappa shape index (κ1) is 49.8. The molecule has 65 heavy (non-hydrogen) atoms. The molecule has 14 nitrogen and oxygen atoms in total. The lowest BCUT2D eigenvalue weighted by Gasteiger charge is -2.26. The monoisotopic (exact) mass is 945 g/mol. The van der Waals surface area contributed by atoms with Gasteiger partial charge in [-0.25, -0.2) is 14.2 Å². The van der Waals surface area contributed by atoms with Gasteiger partial charge in [-0.05, 0) is 101 Å². The van der Waals surface area contributed by atoms with Crippen molar-refractivity contribution in [3.8, 4) is 17.6 Å². The molecule has 1 aliphatic heterocycles. The third-order valence-electron chi connectivity index (χ3n) is 10.6. The Morgan fingerprint density at radius 2 is 1.85 bits per heavy atom. The molecule has 6 rings (SSSR count). The number of methoxy groups -OCH3 is 1. The molecular formula is C47H64FN9O5S2Si. The first-order valence-electron chi connectivity index (χ1n) is 22.4. The van der Waals surface area contributed by atoms with Crippen molar-refractivity contribution in [3.05, 3.63) is 80.8 Å². The van der Waals surface area contributed by atoms with E-state index in [9.17, 15) is 9.18 Å². The molecule has 0 radical (unpaired) electrons. The molecule has 0 spiro atoms. The second-order valence-electron chi connectivity index (χ2n) is 17.4. The molecule has 1 fully saturated rings. The molecule has 0 aliphatic carbocycles. The fourth-order valence-electron chi connectivity index (χ4n) is 6.87. The molecule has 0 saturated carbocycles. The van der Waals surface area contributed by atoms with E-state index < -0.39 is 19.9 Å². The van der Waals surface area contributed by atoms with Crippen LogP contribution in [0.3, 0.4) is 0 Å². The second-order valence-corrected chi connectivity index (χ2v) is 25.1. The lowest BCUT2D eigenvalue weighted by atomic mass is 10.2. The summed E-state index contributed by atoms with van der Waals surface area (Å²) in [6.07, 6.45) is 2.74. The number of nitrogens with one attached hydrogen (secondary N) is 1. The number of para-hydroxylation sites is 1. The van der Waals surface area contributed by atoms with Crippen LogP contribution in [0, 0.1) is 24.6 Å². The topological polar surface area (TPSA) is 132 Å². The minimum Gasteiger partial charge on any atom is -0.491 e. The zero-order chi connectivity index (χ0) is 46.2. The fraction of sp³-hybridized carbons (Fsp3) is 0.511. The number of aromatic nitrogens is 4. The van der Waals surface area contributed by atoms with Crippen LogP contribution >= 0.6 is 22.7 Å². The number of hydrogen-bond acceptors (Lipinski definition) is 15. The molecule has 4 heterocycles. The highest BCUT2D eigenvalue weighted by atomic mass is 32.1. The van der Waals surface area contributed by atoms with Gasteiger partial charge >= 0.3 is 5.97 Å². The molecule has 5 aromatic rings. The van der Waals surface area contributed by atoms with Crippen molar-refractivity contribution in [3.63, 3.8) is 0 Å². The minimum absolute atomic E-state index is 0.153. The number of halogens is 1. The fourth-order valence-corrected chi connectivity index (χ4v) is 9.77. The largest absolute Gasteiger partial charge is 0.491 e. The molecule has 1 aliphatic rings. The zero-order valence-electron chi connectivity index (χ0n) is 39.0. The summed E-state index contributed by atoms with van der Waals surface area (Å²) in [5, 5.41) is 13.6. The number of nitrogens with zero attached hydrogens (tertiary/aromatic N) is 8. The van der Waals surface area contributed by atoms with Gasteiger partial charge in [-0.3, -0.25) is 14.4 Å². The minimum atomic E-state index is -1.25. The van der Waals surface area contributed by atoms with Crippen molar-refractivity contribution in [2.45, 2.75) is 65.0 Å². The van der Waals surface area contributed by atoms with Crippen LogP contribution in [0.25, 0.3) is 10.2 Å². The van der Waals surface area contributed by atoms with Gasteiger partial charge in [-0.1, -0.05) is 55.0 Å². The Morgan fingerprint density at radius 1 is 1.03 bits per heavy atom. The molecule has 0 amide bonds. The van der Waals surface area contributed by atoms with E-state index in [1.54, 1.807) is 23.5 Å². The van der Waals surface area contributed by atoms with Crippen molar-refractivity contribution < 1.29 is 28.1 Å². The highest BCUT2D eigenvalue weighted by molar-refractivity contribution is 7.16. The number of esters is 1. The summed E-state index contributed by atoms with van der Waals surface area (Å²) in [6.45, 7) is 17.8. The van der Waals surface area contributed by atoms with E-state index in [4.69, 9.17) is 34.0 Å². The molecular weight excluding hydrogens is 882 g/mol. The first-order valence-corrected chi connectivity index (χ1v) is 27.7. The molecule has 18 heteroatoms. The highest BCUT2D eigenvalue weighted by Crippen LogP contribution is 2.34. The molecule has 2 aromatic carbocycles. The average molecular weight is 946 g/mol. The number of benzene rings is 2. The van der Waals surface area contributed by atoms with Crippen LogP contribution in [0.2, 0.25) is 25.7 Å². The average Bonchev–Trinajstić information content (AvgIpc) is 3.86. The molecule has 3 aromatic heterocycles. The maximum absolute atomic E-state index is 14.9. The van der Waals surface area contributed by atoms with Crippen LogP contribution in [0.4, 0.5) is 21.2 Å². The Kier molecular flexibility index (Phi) is 19.0. The SMILES string of the molecule is COC(=O)c1nc(N(CCCCNCCN2CCOCC2)c2cc(C)c(N=c3sc4ccccc4n3COCC[Si](C)(C)C)nn2)sc1CCCOc1ccc(C#CCN(C)C)cc1F. The maximum Gasteiger partial charge on any atom is 0.357 e. The van der Waals surface area contributed by atoms with E-state index >= 15 is 0 Å². The van der Waals surface area contributed by atoms with Crippen molar-refractivity contribution >= 4 is 63.7 Å². The zero-order valence-corrected chi connectivity index (χ0v) is 41.6. The van der Waals surface area contributed by atoms with Crippen LogP contribution in [0.5, 0.6) is 5.75 Å². The molecule has 0 bridgehead atoms. The van der Waals surface area contributed by atoms with E-state index in [0.717, 1.165) is 90.3 Å². The van der Waals surface area contributed by atoms with E-state index in [1.807, 2.05) is 49.0 Å². The van der Waals surface area contributed by atoms with Gasteiger partial charge in [-0.15, -0.1) is 21.5 Å². The van der Waals surface area contributed by atoms with E-state index in [-0.39, 0.29) is 18.1 Å². The summed E-state index contributed by atoms with van der Waals surface area (Å²) in [5.74, 6) is 6.27. The van der Waals surface area contributed by atoms with Crippen molar-refractivity contribution in [2.75, 3.05) is 98.3 Å². The van der Waals surface area contributed by atoms with Crippen LogP contribution in [0.15, 0.2) is 53.5 Å². The number of morpholine rings is 1. The third-order valence-corrected chi connectivity index (χ3v) is 14.5. The Labute approximate surface area is 391 Å². The number of thiazole rings is 2. The van der Waals surface area contributed by atoms with E-state index in [0.29, 0.717) is 61.6 Å². The molecule has 350 valence electrons. The molecule has 1 N–H and O–H groups in total. The number of ether oxygens (including phenoxy) is 4. The van der Waals surface area contributed by atoms with Gasteiger partial charge in [-0.2, -0.15) is 4.99 Å². The summed E-state index contributed by atoms with van der Waals surface area (Å²) in [7, 11) is 3.97. The quantitative estimate of drug-likeness (QED) is 0.0301. The normalized spacial score (nSPS) is 13.6. The van der Waals surface area contributed by atoms with Gasteiger partial charge in [0.1, 0.15) is 6.73 Å². The predicted octanol–water partition coefficient (Wildman–Crippen LogP) is 7.49. The van der Waals surface area contributed by atoms with Crippen molar-refractivity contribution in [2.24, 2.45) is 4.99 Å². The van der Waals surface area contributed by atoms with E-state index in [2.05, 4.69) is 63.5 Å². The molecule has 0 unspecified atom stereocenters. The number of aryl methyl sites for hydroxylation is 2. The number of rotatable bonds is 23. The van der Waals surface area contributed by atoms with Crippen molar-refractivity contribution in [1.29, 1.82) is 0 Å². The van der Waals surface area contributed by atoms with Crippen LogP contribution in [-0.2, 0) is 27.4 Å². The number of fused-ring (bicyclic) bond motifs is 1. The van der Waals surface area contributed by atoms with Gasteiger partial charge in [0.15, 0.2) is 38.8 Å². The Morgan fingerprint density at radius 3 is 2.60 bits per heavy atom. The third kappa shape index (κ3) is 15.2. The van der Waals surface area contributed by atoms with Crippen LogP contribution < -0.4 is 19.8 Å². The molecule has 0 atom stereocenters. The van der Waals surface area contributed by atoms with Crippen LogP contribution in [-0.4, -0.2) is 137 Å². The van der Waals surface area contributed by atoms with Gasteiger partial charge in [0.2, 0.25) is 0 Å². The number of carbonyl (C=O) groups is 1. The Bertz CT molecular complexity index is 2450. The highest BCUT2D eigenvalue weighted by Gasteiger charge is 2.24. The smallest absolute Gasteiger partial charge is 0.357 e. The number of unbranched alkanes of at least 4 members (excludes halogenated alkanes) is 1. The first-order chi connectivity index (χ1) is 31.4. The maximum atomic E-state index is 14.9. The van der Waals surface area contributed by atoms with Crippen molar-refractivity contribution in [1.82, 2.24) is 34.9 Å². The van der Waals surface area contributed by atoms with Crippen LogP contribution in [0.1, 0.15) is 45.8 Å². The van der Waals surface area contributed by atoms with Gasteiger partial charge < -0.3 is 29.2 Å². The summed E-state index contributed by atoms with van der Waals surface area (Å²) in [4.78, 5) is 31.0. The molecule has 1 saturated heterocycles. The lowest BCUT2D eigenvalue weighted by Crippen LogP contribution is -2.40. The second kappa shape index (κ2) is 24.8. The van der Waals surface area contributed by atoms with Gasteiger partial charge in [0, 0.05) is 57.8 Å². The Hall–Kier alpha value is -4.58. The van der Waals surface area contributed by atoms with E-state index in [1.165, 1.54) is 24.5 Å². The van der Waals surface area contributed by atoms with Gasteiger partial charge in [0.05, 0.1) is 43.7 Å². The summed E-state index contributed by atoms with van der Waals surface area (Å²) >= 11 is 3.01. The lowest BCUT2D eigenvalue weighted by molar-refractivity contribution is 0.0384. The standard InChI is InChI=1S/C47H64FN9O5S2Si/c1-35-32-42(52-53-44(35)51-47-57(34-61-30-31-65(5,6)7)38-15-8-9-16-40(38)63-47)56(23-11-10-20-49-21-24-55-25-28-60-29-26-55)46-50-43(45(58)59-4)41(64-46)17-13-27-62-39-19-18-36(33-37(39)48)14-12-22-54(2)3/h8-9,15-16,18-19,32-33,49H,10-11,13,17,20-31,34H2,1-7H3. The number of hydrogen-bond donors (Lipinski definition) is 1.